The van der Waals surface area contributed by atoms with E-state index >= 15 is 0 Å². The monoisotopic (exact) mass is 267 g/mol. The topological polar surface area (TPSA) is 57.6 Å². The van der Waals surface area contributed by atoms with Crippen molar-refractivity contribution in [2.45, 2.75) is 38.6 Å². The number of aliphatic carboxylic acids is 1. The van der Waals surface area contributed by atoms with Gasteiger partial charge in [0.05, 0.1) is 5.56 Å². The summed E-state index contributed by atoms with van der Waals surface area (Å²) >= 11 is 1.48. The van der Waals surface area contributed by atoms with Gasteiger partial charge in [0.1, 0.15) is 6.04 Å². The van der Waals surface area contributed by atoms with Crippen molar-refractivity contribution >= 4 is 23.2 Å². The van der Waals surface area contributed by atoms with Gasteiger partial charge >= 0.3 is 5.97 Å². The summed E-state index contributed by atoms with van der Waals surface area (Å²) in [7, 11) is 0. The third-order valence-corrected chi connectivity index (χ3v) is 4.25. The van der Waals surface area contributed by atoms with Gasteiger partial charge in [-0.05, 0) is 30.7 Å². The number of carboxylic acid groups (broad SMARTS) is 1. The number of hydrogen-bond donors (Lipinski definition) is 1. The molecule has 1 fully saturated rings. The molecule has 0 radical (unpaired) electrons. The fourth-order valence-corrected chi connectivity index (χ4v) is 3.16. The molecule has 18 heavy (non-hydrogen) atoms. The van der Waals surface area contributed by atoms with Gasteiger partial charge in [-0.1, -0.05) is 12.8 Å². The lowest BCUT2D eigenvalue weighted by molar-refractivity contribution is -0.142. The number of amides is 1. The quantitative estimate of drug-likeness (QED) is 0.895. The molecule has 1 amide bonds. The maximum Gasteiger partial charge on any atom is 0.326 e. The van der Waals surface area contributed by atoms with Crippen LogP contribution in [-0.4, -0.2) is 34.5 Å². The Balaban J connectivity index is 2.25. The van der Waals surface area contributed by atoms with E-state index in [9.17, 15) is 14.7 Å². The van der Waals surface area contributed by atoms with Crippen molar-refractivity contribution in [3.8, 4) is 0 Å². The maximum atomic E-state index is 12.4. The number of carboxylic acids is 1. The van der Waals surface area contributed by atoms with Gasteiger partial charge in [-0.3, -0.25) is 4.79 Å². The Hall–Kier alpha value is -1.36. The van der Waals surface area contributed by atoms with E-state index in [4.69, 9.17) is 0 Å². The summed E-state index contributed by atoms with van der Waals surface area (Å²) < 4.78 is 0. The second-order valence-electron chi connectivity index (χ2n) is 4.67. The summed E-state index contributed by atoms with van der Waals surface area (Å²) in [6.07, 6.45) is 3.32. The SMILES string of the molecule is Cc1cscc1C(=O)N1CCCCCC1C(=O)O. The lowest BCUT2D eigenvalue weighted by atomic mass is 10.1. The van der Waals surface area contributed by atoms with Crippen LogP contribution in [0.5, 0.6) is 0 Å². The summed E-state index contributed by atoms with van der Waals surface area (Å²) in [6, 6.07) is -0.667. The van der Waals surface area contributed by atoms with Crippen LogP contribution in [-0.2, 0) is 4.79 Å². The Bertz CT molecular complexity index is 455. The summed E-state index contributed by atoms with van der Waals surface area (Å²) in [4.78, 5) is 25.2. The molecule has 1 N–H and O–H groups in total. The van der Waals surface area contributed by atoms with Gasteiger partial charge in [-0.25, -0.2) is 4.79 Å². The van der Waals surface area contributed by atoms with Crippen LogP contribution in [0.1, 0.15) is 41.6 Å². The lowest BCUT2D eigenvalue weighted by Gasteiger charge is -2.26. The molecule has 2 rings (SSSR count). The highest BCUT2D eigenvalue weighted by molar-refractivity contribution is 7.08. The van der Waals surface area contributed by atoms with E-state index in [0.717, 1.165) is 24.8 Å². The molecule has 1 unspecified atom stereocenters. The first kappa shape index (κ1) is 13.1. The molecule has 98 valence electrons. The Labute approximate surface area is 110 Å². The molecular weight excluding hydrogens is 250 g/mol. The minimum atomic E-state index is -0.891. The summed E-state index contributed by atoms with van der Waals surface area (Å²) in [5.74, 6) is -1.03. The molecule has 1 aliphatic rings. The average Bonchev–Trinajstić information content (AvgIpc) is 2.63. The third kappa shape index (κ3) is 2.56. The van der Waals surface area contributed by atoms with Crippen molar-refractivity contribution in [2.24, 2.45) is 0 Å². The highest BCUT2D eigenvalue weighted by Crippen LogP contribution is 2.22. The molecule has 5 heteroatoms. The van der Waals surface area contributed by atoms with Crippen LogP contribution >= 0.6 is 11.3 Å². The van der Waals surface area contributed by atoms with Gasteiger partial charge in [-0.2, -0.15) is 11.3 Å². The molecule has 1 aliphatic heterocycles. The number of aryl methyl sites for hydroxylation is 1. The van der Waals surface area contributed by atoms with Gasteiger partial charge in [0.2, 0.25) is 0 Å². The summed E-state index contributed by atoms with van der Waals surface area (Å²) in [6.45, 7) is 2.43. The predicted molar refractivity (Wildman–Crippen MR) is 70.0 cm³/mol. The predicted octanol–water partition coefficient (Wildman–Crippen LogP) is 2.53. The van der Waals surface area contributed by atoms with Gasteiger partial charge in [0.15, 0.2) is 0 Å². The number of rotatable bonds is 2. The second-order valence-corrected chi connectivity index (χ2v) is 5.41. The summed E-state index contributed by atoms with van der Waals surface area (Å²) in [5.41, 5.74) is 1.58. The second kappa shape index (κ2) is 5.52. The van der Waals surface area contributed by atoms with Crippen LogP contribution in [0.2, 0.25) is 0 Å². The molecule has 0 aromatic carbocycles. The van der Waals surface area contributed by atoms with E-state index in [-0.39, 0.29) is 5.91 Å². The zero-order valence-corrected chi connectivity index (χ0v) is 11.2. The van der Waals surface area contributed by atoms with Crippen molar-refractivity contribution in [3.05, 3.63) is 21.9 Å². The van der Waals surface area contributed by atoms with E-state index in [1.807, 2.05) is 17.7 Å². The number of carbonyl (C=O) groups excluding carboxylic acids is 1. The Kier molecular flexibility index (Phi) is 4.01. The van der Waals surface area contributed by atoms with E-state index < -0.39 is 12.0 Å². The lowest BCUT2D eigenvalue weighted by Crippen LogP contribution is -2.44. The highest BCUT2D eigenvalue weighted by Gasteiger charge is 2.31. The standard InChI is InChI=1S/C13H17NO3S/c1-9-7-18-8-10(9)12(15)14-6-4-2-3-5-11(14)13(16)17/h7-8,11H,2-6H2,1H3,(H,16,17). The number of likely N-dealkylation sites (tertiary alicyclic amines) is 1. The van der Waals surface area contributed by atoms with Crippen LogP contribution in [0.25, 0.3) is 0 Å². The Morgan fingerprint density at radius 3 is 2.72 bits per heavy atom. The average molecular weight is 267 g/mol. The zero-order chi connectivity index (χ0) is 13.1. The minimum Gasteiger partial charge on any atom is -0.480 e. The number of hydrogen-bond acceptors (Lipinski definition) is 3. The number of thiophene rings is 1. The molecule has 0 spiro atoms. The number of nitrogens with zero attached hydrogens (tertiary/aromatic N) is 1. The van der Waals surface area contributed by atoms with Crippen molar-refractivity contribution in [1.29, 1.82) is 0 Å². The molecule has 1 atom stereocenters. The largest absolute Gasteiger partial charge is 0.480 e. The fraction of sp³-hybridized carbons (Fsp3) is 0.538. The third-order valence-electron chi connectivity index (χ3n) is 3.38. The first-order valence-corrected chi connectivity index (χ1v) is 7.12. The molecule has 2 heterocycles. The normalized spacial score (nSPS) is 20.5. The molecule has 0 saturated carbocycles. The van der Waals surface area contributed by atoms with Crippen molar-refractivity contribution in [1.82, 2.24) is 4.90 Å². The molecular formula is C13H17NO3S. The first-order chi connectivity index (χ1) is 8.61. The molecule has 1 aromatic heterocycles. The molecule has 1 saturated heterocycles. The number of carbonyl (C=O) groups is 2. The van der Waals surface area contributed by atoms with E-state index in [1.165, 1.54) is 16.2 Å². The van der Waals surface area contributed by atoms with Gasteiger partial charge < -0.3 is 10.0 Å². The van der Waals surface area contributed by atoms with Crippen LogP contribution in [0.4, 0.5) is 0 Å². The highest BCUT2D eigenvalue weighted by atomic mass is 32.1. The van der Waals surface area contributed by atoms with Crippen LogP contribution < -0.4 is 0 Å². The van der Waals surface area contributed by atoms with Crippen molar-refractivity contribution in [2.75, 3.05) is 6.54 Å². The Morgan fingerprint density at radius 2 is 2.11 bits per heavy atom. The van der Waals surface area contributed by atoms with E-state index in [0.29, 0.717) is 18.5 Å². The Morgan fingerprint density at radius 1 is 1.33 bits per heavy atom. The van der Waals surface area contributed by atoms with Crippen LogP contribution in [0, 0.1) is 6.92 Å². The zero-order valence-electron chi connectivity index (χ0n) is 10.4. The first-order valence-electron chi connectivity index (χ1n) is 6.18. The summed E-state index contributed by atoms with van der Waals surface area (Å²) in [5, 5.41) is 13.0. The fourth-order valence-electron chi connectivity index (χ4n) is 2.34. The van der Waals surface area contributed by atoms with Gasteiger partial charge in [-0.15, -0.1) is 0 Å². The molecule has 0 bridgehead atoms. The molecule has 0 aliphatic carbocycles. The molecule has 4 nitrogen and oxygen atoms in total. The van der Waals surface area contributed by atoms with E-state index in [1.54, 1.807) is 0 Å². The van der Waals surface area contributed by atoms with Crippen LogP contribution in [0.3, 0.4) is 0 Å². The van der Waals surface area contributed by atoms with Gasteiger partial charge in [0.25, 0.3) is 5.91 Å². The van der Waals surface area contributed by atoms with Crippen molar-refractivity contribution < 1.29 is 14.7 Å². The van der Waals surface area contributed by atoms with Crippen molar-refractivity contribution in [3.63, 3.8) is 0 Å². The van der Waals surface area contributed by atoms with E-state index in [2.05, 4.69) is 0 Å². The van der Waals surface area contributed by atoms with Gasteiger partial charge in [0, 0.05) is 11.9 Å². The maximum absolute atomic E-state index is 12.4. The van der Waals surface area contributed by atoms with Crippen LogP contribution in [0.15, 0.2) is 10.8 Å². The molecule has 1 aromatic rings. The smallest absolute Gasteiger partial charge is 0.326 e. The minimum absolute atomic E-state index is 0.136.